The van der Waals surface area contributed by atoms with E-state index in [1.807, 2.05) is 12.1 Å². The largest absolute Gasteiger partial charge is 0.480 e. The van der Waals surface area contributed by atoms with Crippen molar-refractivity contribution in [1.82, 2.24) is 4.90 Å². The van der Waals surface area contributed by atoms with Gasteiger partial charge < -0.3 is 10.4 Å². The SMILES string of the molecule is CC(C(=O)O)N(C)CC(=O)Nc1ccc2c(c1)CCC2.Cl. The van der Waals surface area contributed by atoms with Crippen LogP contribution >= 0.6 is 12.4 Å². The summed E-state index contributed by atoms with van der Waals surface area (Å²) in [4.78, 5) is 24.2. The standard InChI is InChI=1S/C15H20N2O3.ClH/c1-10(15(19)20)17(2)9-14(18)16-13-7-6-11-4-3-5-12(11)8-13;/h6-8,10H,3-5,9H2,1-2H3,(H,16,18)(H,19,20);1H. The van der Waals surface area contributed by atoms with Crippen LogP contribution in [0, 0.1) is 0 Å². The summed E-state index contributed by atoms with van der Waals surface area (Å²) in [6.07, 6.45) is 3.35. The van der Waals surface area contributed by atoms with Crippen LogP contribution in [0.1, 0.15) is 24.5 Å². The number of benzene rings is 1. The highest BCUT2D eigenvalue weighted by atomic mass is 35.5. The van der Waals surface area contributed by atoms with Crippen molar-refractivity contribution >= 4 is 30.0 Å². The average molecular weight is 313 g/mol. The summed E-state index contributed by atoms with van der Waals surface area (Å²) in [5.41, 5.74) is 3.45. The van der Waals surface area contributed by atoms with Gasteiger partial charge in [0, 0.05) is 5.69 Å². The highest BCUT2D eigenvalue weighted by molar-refractivity contribution is 5.92. The molecular weight excluding hydrogens is 292 g/mol. The van der Waals surface area contributed by atoms with E-state index >= 15 is 0 Å². The normalized spacial score (nSPS) is 14.2. The van der Waals surface area contributed by atoms with E-state index in [0.717, 1.165) is 18.5 Å². The van der Waals surface area contributed by atoms with Crippen molar-refractivity contribution in [1.29, 1.82) is 0 Å². The molecule has 1 amide bonds. The number of carboxylic acids is 1. The van der Waals surface area contributed by atoms with E-state index < -0.39 is 12.0 Å². The molecular formula is C15H21ClN2O3. The predicted octanol–water partition coefficient (Wildman–Crippen LogP) is 1.94. The number of likely N-dealkylation sites (N-methyl/N-ethyl adjacent to an activating group) is 1. The van der Waals surface area contributed by atoms with E-state index in [9.17, 15) is 9.59 Å². The molecule has 0 fully saturated rings. The zero-order chi connectivity index (χ0) is 14.7. The topological polar surface area (TPSA) is 69.6 Å². The molecule has 0 radical (unpaired) electrons. The van der Waals surface area contributed by atoms with E-state index in [-0.39, 0.29) is 24.9 Å². The second-order valence-electron chi connectivity index (χ2n) is 5.31. The molecule has 0 aliphatic heterocycles. The molecule has 5 nitrogen and oxygen atoms in total. The minimum atomic E-state index is -0.933. The quantitative estimate of drug-likeness (QED) is 0.872. The van der Waals surface area contributed by atoms with E-state index in [4.69, 9.17) is 5.11 Å². The predicted molar refractivity (Wildman–Crippen MR) is 84.1 cm³/mol. The van der Waals surface area contributed by atoms with Crippen molar-refractivity contribution in [2.24, 2.45) is 0 Å². The first-order chi connectivity index (χ1) is 9.47. The number of aryl methyl sites for hydroxylation is 2. The summed E-state index contributed by atoms with van der Waals surface area (Å²) in [5.74, 6) is -1.13. The Morgan fingerprint density at radius 2 is 2.00 bits per heavy atom. The van der Waals surface area contributed by atoms with Gasteiger partial charge in [0.2, 0.25) is 5.91 Å². The highest BCUT2D eigenvalue weighted by Crippen LogP contribution is 2.24. The number of carbonyl (C=O) groups is 2. The Morgan fingerprint density at radius 3 is 2.67 bits per heavy atom. The monoisotopic (exact) mass is 312 g/mol. The summed E-state index contributed by atoms with van der Waals surface area (Å²) in [6, 6.07) is 5.30. The van der Waals surface area contributed by atoms with Crippen molar-refractivity contribution in [3.63, 3.8) is 0 Å². The Labute approximate surface area is 130 Å². The Morgan fingerprint density at radius 1 is 1.33 bits per heavy atom. The van der Waals surface area contributed by atoms with Crippen LogP contribution in [-0.2, 0) is 22.4 Å². The third-order valence-electron chi connectivity index (χ3n) is 3.79. The Balaban J connectivity index is 0.00000220. The van der Waals surface area contributed by atoms with E-state index in [0.29, 0.717) is 0 Å². The first kappa shape index (κ1) is 17.5. The molecule has 1 atom stereocenters. The number of halogens is 1. The van der Waals surface area contributed by atoms with Crippen molar-refractivity contribution in [3.05, 3.63) is 29.3 Å². The molecule has 21 heavy (non-hydrogen) atoms. The van der Waals surface area contributed by atoms with Gasteiger partial charge in [-0.15, -0.1) is 12.4 Å². The van der Waals surface area contributed by atoms with Gasteiger partial charge in [-0.25, -0.2) is 0 Å². The lowest BCUT2D eigenvalue weighted by molar-refractivity contribution is -0.142. The van der Waals surface area contributed by atoms with Gasteiger partial charge in [0.1, 0.15) is 6.04 Å². The van der Waals surface area contributed by atoms with Gasteiger partial charge in [0.25, 0.3) is 0 Å². The summed E-state index contributed by atoms with van der Waals surface area (Å²) in [5, 5.41) is 11.7. The van der Waals surface area contributed by atoms with E-state index in [2.05, 4.69) is 11.4 Å². The van der Waals surface area contributed by atoms with Crippen LogP contribution < -0.4 is 5.32 Å². The fraction of sp³-hybridized carbons (Fsp3) is 0.467. The van der Waals surface area contributed by atoms with Gasteiger partial charge in [-0.2, -0.15) is 0 Å². The van der Waals surface area contributed by atoms with E-state index in [1.54, 1.807) is 14.0 Å². The second kappa shape index (κ2) is 7.43. The highest BCUT2D eigenvalue weighted by Gasteiger charge is 2.19. The first-order valence-electron chi connectivity index (χ1n) is 6.82. The van der Waals surface area contributed by atoms with Crippen LogP contribution in [0.15, 0.2) is 18.2 Å². The third kappa shape index (κ3) is 4.44. The first-order valence-corrected chi connectivity index (χ1v) is 6.82. The number of hydrogen-bond donors (Lipinski definition) is 2. The molecule has 0 spiro atoms. The van der Waals surface area contributed by atoms with Crippen LogP contribution in [0.5, 0.6) is 0 Å². The number of anilines is 1. The summed E-state index contributed by atoms with van der Waals surface area (Å²) in [6.45, 7) is 1.62. The van der Waals surface area contributed by atoms with Gasteiger partial charge in [-0.05, 0) is 56.5 Å². The summed E-state index contributed by atoms with van der Waals surface area (Å²) >= 11 is 0. The number of nitrogens with one attached hydrogen (secondary N) is 1. The maximum atomic E-state index is 11.9. The molecule has 0 saturated heterocycles. The fourth-order valence-electron chi connectivity index (χ4n) is 2.40. The molecule has 0 saturated carbocycles. The van der Waals surface area contributed by atoms with Gasteiger partial charge in [0.05, 0.1) is 6.54 Å². The van der Waals surface area contributed by atoms with Crippen LogP contribution in [-0.4, -0.2) is 41.5 Å². The molecule has 1 aliphatic rings. The Kier molecular flexibility index (Phi) is 6.18. The lowest BCUT2D eigenvalue weighted by Crippen LogP contribution is -2.40. The number of rotatable bonds is 5. The molecule has 6 heteroatoms. The number of aliphatic carboxylic acids is 1. The second-order valence-corrected chi connectivity index (χ2v) is 5.31. The summed E-state index contributed by atoms with van der Waals surface area (Å²) in [7, 11) is 1.63. The molecule has 1 aliphatic carbocycles. The molecule has 2 N–H and O–H groups in total. The zero-order valence-electron chi connectivity index (χ0n) is 12.3. The van der Waals surface area contributed by atoms with Gasteiger partial charge in [-0.3, -0.25) is 14.5 Å². The number of nitrogens with zero attached hydrogens (tertiary/aromatic N) is 1. The Hall–Kier alpha value is -1.59. The summed E-state index contributed by atoms with van der Waals surface area (Å²) < 4.78 is 0. The van der Waals surface area contributed by atoms with Gasteiger partial charge in [0.15, 0.2) is 0 Å². The molecule has 0 bridgehead atoms. The molecule has 0 heterocycles. The number of carbonyl (C=O) groups excluding carboxylic acids is 1. The molecule has 1 unspecified atom stereocenters. The van der Waals surface area contributed by atoms with Crippen LogP contribution in [0.4, 0.5) is 5.69 Å². The van der Waals surface area contributed by atoms with Crippen molar-refractivity contribution in [2.75, 3.05) is 18.9 Å². The zero-order valence-corrected chi connectivity index (χ0v) is 13.1. The molecule has 1 aromatic rings. The molecule has 2 rings (SSSR count). The van der Waals surface area contributed by atoms with Crippen molar-refractivity contribution in [3.8, 4) is 0 Å². The van der Waals surface area contributed by atoms with Crippen LogP contribution in [0.2, 0.25) is 0 Å². The minimum Gasteiger partial charge on any atom is -0.480 e. The van der Waals surface area contributed by atoms with Crippen LogP contribution in [0.3, 0.4) is 0 Å². The lowest BCUT2D eigenvalue weighted by atomic mass is 10.1. The Bertz CT molecular complexity index is 534. The minimum absolute atomic E-state index is 0. The van der Waals surface area contributed by atoms with Gasteiger partial charge in [-0.1, -0.05) is 6.07 Å². The molecule has 0 aromatic heterocycles. The smallest absolute Gasteiger partial charge is 0.320 e. The van der Waals surface area contributed by atoms with E-state index in [1.165, 1.54) is 22.4 Å². The average Bonchev–Trinajstić information content (AvgIpc) is 2.84. The molecule has 116 valence electrons. The number of amides is 1. The van der Waals surface area contributed by atoms with Crippen molar-refractivity contribution < 1.29 is 14.7 Å². The third-order valence-corrected chi connectivity index (χ3v) is 3.79. The van der Waals surface area contributed by atoms with Gasteiger partial charge >= 0.3 is 5.97 Å². The van der Waals surface area contributed by atoms with Crippen molar-refractivity contribution in [2.45, 2.75) is 32.2 Å². The number of hydrogen-bond acceptors (Lipinski definition) is 3. The number of fused-ring (bicyclic) bond motifs is 1. The maximum absolute atomic E-state index is 11.9. The maximum Gasteiger partial charge on any atom is 0.320 e. The number of carboxylic acid groups (broad SMARTS) is 1. The fourth-order valence-corrected chi connectivity index (χ4v) is 2.40. The molecule has 1 aromatic carbocycles. The lowest BCUT2D eigenvalue weighted by Gasteiger charge is -2.20. The van der Waals surface area contributed by atoms with Crippen LogP contribution in [0.25, 0.3) is 0 Å².